The summed E-state index contributed by atoms with van der Waals surface area (Å²) >= 11 is 6.95. The van der Waals surface area contributed by atoms with Crippen LogP contribution in [0, 0.1) is 6.92 Å². The Labute approximate surface area is 206 Å². The van der Waals surface area contributed by atoms with E-state index < -0.39 is 5.97 Å². The molecule has 0 unspecified atom stereocenters. The third-order valence-electron chi connectivity index (χ3n) is 5.12. The summed E-state index contributed by atoms with van der Waals surface area (Å²) in [5.41, 5.74) is 2.83. The van der Waals surface area contributed by atoms with Crippen LogP contribution in [-0.2, 0) is 11.3 Å². The van der Waals surface area contributed by atoms with Gasteiger partial charge in [0.05, 0.1) is 29.1 Å². The van der Waals surface area contributed by atoms with Crippen molar-refractivity contribution in [1.82, 2.24) is 4.90 Å². The van der Waals surface area contributed by atoms with E-state index in [1.165, 1.54) is 12.0 Å². The number of hydrogen-bond acceptors (Lipinski definition) is 6. The number of carbonyl (C=O) groups excluding carboxylic acids is 3. The molecule has 0 aliphatic carbocycles. The van der Waals surface area contributed by atoms with Crippen molar-refractivity contribution in [3.63, 3.8) is 0 Å². The van der Waals surface area contributed by atoms with Gasteiger partial charge in [-0.1, -0.05) is 59.6 Å². The highest BCUT2D eigenvalue weighted by Gasteiger charge is 2.35. The molecule has 3 aromatic rings. The van der Waals surface area contributed by atoms with E-state index in [0.717, 1.165) is 22.9 Å². The maximum atomic E-state index is 12.9. The topological polar surface area (TPSA) is 72.9 Å². The SMILES string of the molecule is COc1cc(/C=C2\SC(=O)N(Cc3ccc(C)cc3)C2=O)ccc1OC(=O)c1ccccc1Cl. The number of benzene rings is 3. The first-order valence-corrected chi connectivity index (χ1v) is 11.5. The molecule has 0 bridgehead atoms. The van der Waals surface area contributed by atoms with Crippen molar-refractivity contribution < 1.29 is 23.9 Å². The van der Waals surface area contributed by atoms with E-state index in [2.05, 4.69) is 0 Å². The van der Waals surface area contributed by atoms with Crippen molar-refractivity contribution in [3.05, 3.63) is 98.9 Å². The van der Waals surface area contributed by atoms with E-state index in [-0.39, 0.29) is 34.0 Å². The molecule has 1 aliphatic rings. The van der Waals surface area contributed by atoms with Crippen molar-refractivity contribution in [3.8, 4) is 11.5 Å². The quantitative estimate of drug-likeness (QED) is 0.234. The average molecular weight is 494 g/mol. The first kappa shape index (κ1) is 23.6. The first-order valence-electron chi connectivity index (χ1n) is 10.3. The van der Waals surface area contributed by atoms with E-state index >= 15 is 0 Å². The number of aryl methyl sites for hydroxylation is 1. The second-order valence-corrected chi connectivity index (χ2v) is 8.93. The van der Waals surface area contributed by atoms with Crippen molar-refractivity contribution in [2.24, 2.45) is 0 Å². The summed E-state index contributed by atoms with van der Waals surface area (Å²) in [7, 11) is 1.45. The van der Waals surface area contributed by atoms with Gasteiger partial charge in [-0.05, 0) is 60.2 Å². The molecule has 2 amide bonds. The highest BCUT2D eigenvalue weighted by Crippen LogP contribution is 2.35. The van der Waals surface area contributed by atoms with E-state index in [9.17, 15) is 14.4 Å². The molecule has 0 radical (unpaired) electrons. The highest BCUT2D eigenvalue weighted by molar-refractivity contribution is 8.18. The normalized spacial score (nSPS) is 14.6. The molecule has 0 spiro atoms. The minimum Gasteiger partial charge on any atom is -0.493 e. The Bertz CT molecular complexity index is 1300. The van der Waals surface area contributed by atoms with Gasteiger partial charge in [0.2, 0.25) is 0 Å². The number of methoxy groups -OCH3 is 1. The number of thioether (sulfide) groups is 1. The van der Waals surface area contributed by atoms with Crippen LogP contribution < -0.4 is 9.47 Å². The Morgan fingerprint density at radius 2 is 1.76 bits per heavy atom. The molecule has 0 saturated carbocycles. The number of imide groups is 1. The summed E-state index contributed by atoms with van der Waals surface area (Å²) in [6.45, 7) is 2.19. The van der Waals surface area contributed by atoms with Crippen LogP contribution in [0.1, 0.15) is 27.0 Å². The van der Waals surface area contributed by atoms with E-state index in [1.54, 1.807) is 48.5 Å². The van der Waals surface area contributed by atoms with Gasteiger partial charge in [0.1, 0.15) is 0 Å². The molecule has 1 heterocycles. The number of hydrogen-bond donors (Lipinski definition) is 0. The summed E-state index contributed by atoms with van der Waals surface area (Å²) in [4.78, 5) is 39.3. The average Bonchev–Trinajstić information content (AvgIpc) is 3.08. The molecule has 0 aromatic heterocycles. The Kier molecular flexibility index (Phi) is 7.05. The highest BCUT2D eigenvalue weighted by atomic mass is 35.5. The molecule has 172 valence electrons. The Morgan fingerprint density at radius 3 is 2.47 bits per heavy atom. The van der Waals surface area contributed by atoms with Crippen LogP contribution in [0.15, 0.2) is 71.6 Å². The van der Waals surface area contributed by atoms with Crippen LogP contribution in [-0.4, -0.2) is 29.1 Å². The summed E-state index contributed by atoms with van der Waals surface area (Å²) in [5, 5.41) is -0.0430. The number of amides is 2. The maximum absolute atomic E-state index is 12.9. The lowest BCUT2D eigenvalue weighted by atomic mass is 10.1. The fourth-order valence-corrected chi connectivity index (χ4v) is 4.35. The largest absolute Gasteiger partial charge is 0.493 e. The minimum absolute atomic E-state index is 0.206. The molecule has 34 heavy (non-hydrogen) atoms. The molecule has 4 rings (SSSR count). The van der Waals surface area contributed by atoms with Crippen molar-refractivity contribution in [1.29, 1.82) is 0 Å². The number of ether oxygens (including phenoxy) is 2. The predicted octanol–water partition coefficient (Wildman–Crippen LogP) is 6.11. The van der Waals surface area contributed by atoms with Crippen molar-refractivity contribution >= 4 is 46.6 Å². The van der Waals surface area contributed by atoms with Crippen LogP contribution in [0.25, 0.3) is 6.08 Å². The van der Waals surface area contributed by atoms with Gasteiger partial charge in [-0.25, -0.2) is 4.79 Å². The molecule has 0 atom stereocenters. The fourth-order valence-electron chi connectivity index (χ4n) is 3.30. The molecular weight excluding hydrogens is 474 g/mol. The Hall–Kier alpha value is -3.55. The molecular formula is C26H20ClNO5S. The number of esters is 1. The Balaban J connectivity index is 1.52. The van der Waals surface area contributed by atoms with Crippen LogP contribution >= 0.6 is 23.4 Å². The smallest absolute Gasteiger partial charge is 0.345 e. The third kappa shape index (κ3) is 5.16. The van der Waals surface area contributed by atoms with Crippen molar-refractivity contribution in [2.75, 3.05) is 7.11 Å². The summed E-state index contributed by atoms with van der Waals surface area (Å²) < 4.78 is 10.8. The van der Waals surface area contributed by atoms with E-state index in [0.29, 0.717) is 16.2 Å². The minimum atomic E-state index is -0.617. The molecule has 0 N–H and O–H groups in total. The summed E-state index contributed by atoms with van der Waals surface area (Å²) in [6, 6.07) is 19.1. The van der Waals surface area contributed by atoms with Gasteiger partial charge in [0, 0.05) is 0 Å². The van der Waals surface area contributed by atoms with E-state index in [1.807, 2.05) is 31.2 Å². The van der Waals surface area contributed by atoms with Crippen LogP contribution in [0.4, 0.5) is 4.79 Å². The van der Waals surface area contributed by atoms with Crippen LogP contribution in [0.2, 0.25) is 5.02 Å². The zero-order chi connectivity index (χ0) is 24.2. The number of halogens is 1. The van der Waals surface area contributed by atoms with Gasteiger partial charge in [-0.15, -0.1) is 0 Å². The van der Waals surface area contributed by atoms with Crippen LogP contribution in [0.3, 0.4) is 0 Å². The third-order valence-corrected chi connectivity index (χ3v) is 6.35. The maximum Gasteiger partial charge on any atom is 0.345 e. The Morgan fingerprint density at radius 1 is 1.03 bits per heavy atom. The molecule has 1 saturated heterocycles. The lowest BCUT2D eigenvalue weighted by Gasteiger charge is -2.12. The van der Waals surface area contributed by atoms with Gasteiger partial charge in [-0.2, -0.15) is 0 Å². The van der Waals surface area contributed by atoms with Gasteiger partial charge in [0.15, 0.2) is 11.5 Å². The molecule has 8 heteroatoms. The zero-order valence-electron chi connectivity index (χ0n) is 18.4. The van der Waals surface area contributed by atoms with E-state index in [4.69, 9.17) is 21.1 Å². The fraction of sp³-hybridized carbons (Fsp3) is 0.115. The molecule has 1 fully saturated rings. The number of nitrogens with zero attached hydrogens (tertiary/aromatic N) is 1. The lowest BCUT2D eigenvalue weighted by Crippen LogP contribution is -2.27. The summed E-state index contributed by atoms with van der Waals surface area (Å²) in [6.07, 6.45) is 1.61. The first-order chi connectivity index (χ1) is 16.4. The van der Waals surface area contributed by atoms with Gasteiger partial charge in [-0.3, -0.25) is 14.5 Å². The van der Waals surface area contributed by atoms with Gasteiger partial charge >= 0.3 is 5.97 Å². The standard InChI is InChI=1S/C26H20ClNO5S/c1-16-7-9-17(10-8-16)15-28-24(29)23(34-26(28)31)14-18-11-12-21(22(13-18)32-2)33-25(30)19-5-3-4-6-20(19)27/h3-14H,15H2,1-2H3/b23-14-. The lowest BCUT2D eigenvalue weighted by molar-refractivity contribution is -0.123. The number of rotatable bonds is 6. The van der Waals surface area contributed by atoms with Gasteiger partial charge < -0.3 is 9.47 Å². The molecule has 1 aliphatic heterocycles. The molecule has 6 nitrogen and oxygen atoms in total. The molecule has 3 aromatic carbocycles. The van der Waals surface area contributed by atoms with Gasteiger partial charge in [0.25, 0.3) is 11.1 Å². The second kappa shape index (κ2) is 10.2. The second-order valence-electron chi connectivity index (χ2n) is 7.53. The number of carbonyl (C=O) groups is 3. The predicted molar refractivity (Wildman–Crippen MR) is 132 cm³/mol. The van der Waals surface area contributed by atoms with Crippen molar-refractivity contribution in [2.45, 2.75) is 13.5 Å². The zero-order valence-corrected chi connectivity index (χ0v) is 20.0. The monoisotopic (exact) mass is 493 g/mol. The summed E-state index contributed by atoms with van der Waals surface area (Å²) in [5.74, 6) is -0.470. The van der Waals surface area contributed by atoms with Crippen LogP contribution in [0.5, 0.6) is 11.5 Å².